The average molecular weight is 399 g/mol. The number of benzene rings is 1. The average Bonchev–Trinajstić information content (AvgIpc) is 2.67. The van der Waals surface area contributed by atoms with Gasteiger partial charge in [0.1, 0.15) is 5.69 Å². The van der Waals surface area contributed by atoms with Gasteiger partial charge < -0.3 is 15.1 Å². The van der Waals surface area contributed by atoms with Gasteiger partial charge in [-0.15, -0.1) is 0 Å². The predicted molar refractivity (Wildman–Crippen MR) is 116 cm³/mol. The van der Waals surface area contributed by atoms with E-state index in [0.29, 0.717) is 11.1 Å². The van der Waals surface area contributed by atoms with Crippen LogP contribution in [0.5, 0.6) is 0 Å². The Hall–Kier alpha value is -1.82. The Balaban J connectivity index is 1.39. The lowest BCUT2D eigenvalue weighted by atomic mass is 9.48. The Bertz CT molecular complexity index is 752. The molecule has 4 bridgehead atoms. The van der Waals surface area contributed by atoms with Crippen LogP contribution in [-0.4, -0.2) is 49.1 Å². The molecule has 5 aliphatic rings. The maximum Gasteiger partial charge on any atom is 0.292 e. The van der Waals surface area contributed by atoms with Crippen LogP contribution in [-0.2, 0) is 0 Å². The number of hydrogen-bond donors (Lipinski definition) is 1. The van der Waals surface area contributed by atoms with Gasteiger partial charge in [-0.1, -0.05) is 0 Å². The molecule has 1 N–H and O–H groups in total. The summed E-state index contributed by atoms with van der Waals surface area (Å²) in [6, 6.07) is 5.92. The Kier molecular flexibility index (Phi) is 4.72. The van der Waals surface area contributed by atoms with Gasteiger partial charge >= 0.3 is 0 Å². The lowest BCUT2D eigenvalue weighted by Crippen LogP contribution is -2.52. The predicted octanol–water partition coefficient (Wildman–Crippen LogP) is 4.36. The summed E-state index contributed by atoms with van der Waals surface area (Å²) < 4.78 is 0. The van der Waals surface area contributed by atoms with Crippen LogP contribution in [0.15, 0.2) is 18.2 Å². The highest BCUT2D eigenvalue weighted by Gasteiger charge is 2.53. The van der Waals surface area contributed by atoms with Crippen molar-refractivity contribution in [2.75, 3.05) is 43.4 Å². The number of likely N-dealkylation sites (N-methyl/N-ethyl adjacent to an activating group) is 1. The molecule has 4 saturated carbocycles. The fourth-order valence-corrected chi connectivity index (χ4v) is 7.15. The molecule has 0 amide bonds. The van der Waals surface area contributed by atoms with Crippen molar-refractivity contribution in [2.24, 2.45) is 23.2 Å². The summed E-state index contributed by atoms with van der Waals surface area (Å²) in [6.07, 6.45) is 8.18. The maximum atomic E-state index is 11.7. The van der Waals surface area contributed by atoms with E-state index in [4.69, 9.17) is 0 Å². The van der Waals surface area contributed by atoms with E-state index in [-0.39, 0.29) is 16.7 Å². The zero-order valence-electron chi connectivity index (χ0n) is 17.8. The third-order valence-corrected chi connectivity index (χ3v) is 8.42. The fourth-order valence-electron chi connectivity index (χ4n) is 7.15. The summed E-state index contributed by atoms with van der Waals surface area (Å²) in [5, 5.41) is 15.4. The zero-order chi connectivity index (χ0) is 20.2. The molecule has 1 aliphatic heterocycles. The lowest BCUT2D eigenvalue weighted by molar-refractivity contribution is -0.384. The molecular formula is C23H34N4O2. The molecule has 1 saturated heterocycles. The SMILES string of the molecule is CC(Nc1cc(N2CCN(C)CC2)ccc1[N+](=O)[O-])C12CC3CC(CC(C3)C1)C2. The van der Waals surface area contributed by atoms with Gasteiger partial charge in [0.15, 0.2) is 0 Å². The maximum absolute atomic E-state index is 11.7. The molecule has 158 valence electrons. The van der Waals surface area contributed by atoms with Crippen molar-refractivity contribution in [1.29, 1.82) is 0 Å². The minimum absolute atomic E-state index is 0.208. The van der Waals surface area contributed by atoms with Crippen molar-refractivity contribution >= 4 is 17.1 Å². The normalized spacial score (nSPS) is 35.0. The minimum atomic E-state index is -0.234. The van der Waals surface area contributed by atoms with Gasteiger partial charge in [-0.05, 0) is 87.8 Å². The molecule has 4 aliphatic carbocycles. The van der Waals surface area contributed by atoms with Crippen LogP contribution in [0, 0.1) is 33.3 Å². The van der Waals surface area contributed by atoms with E-state index in [1.807, 2.05) is 12.1 Å². The molecule has 1 heterocycles. The molecule has 5 fully saturated rings. The molecule has 0 spiro atoms. The van der Waals surface area contributed by atoms with E-state index >= 15 is 0 Å². The first-order chi connectivity index (χ1) is 13.9. The van der Waals surface area contributed by atoms with Crippen molar-refractivity contribution in [1.82, 2.24) is 4.90 Å². The molecular weight excluding hydrogens is 364 g/mol. The second kappa shape index (κ2) is 7.15. The number of nitrogens with one attached hydrogen (secondary N) is 1. The van der Waals surface area contributed by atoms with Gasteiger partial charge in [0.2, 0.25) is 0 Å². The third kappa shape index (κ3) is 3.49. The summed E-state index contributed by atoms with van der Waals surface area (Å²) in [4.78, 5) is 16.2. The Morgan fingerprint density at radius 2 is 1.66 bits per heavy atom. The highest BCUT2D eigenvalue weighted by Crippen LogP contribution is 2.61. The van der Waals surface area contributed by atoms with E-state index in [1.165, 1.54) is 38.5 Å². The number of rotatable bonds is 5. The van der Waals surface area contributed by atoms with E-state index < -0.39 is 0 Å². The first-order valence-corrected chi connectivity index (χ1v) is 11.4. The number of nitrogens with zero attached hydrogens (tertiary/aromatic N) is 3. The summed E-state index contributed by atoms with van der Waals surface area (Å²) >= 11 is 0. The number of nitro benzene ring substituents is 1. The topological polar surface area (TPSA) is 61.6 Å². The van der Waals surface area contributed by atoms with Gasteiger partial charge in [-0.25, -0.2) is 0 Å². The van der Waals surface area contributed by atoms with Crippen LogP contribution in [0.2, 0.25) is 0 Å². The number of piperazine rings is 1. The Morgan fingerprint density at radius 3 is 2.21 bits per heavy atom. The van der Waals surface area contributed by atoms with Gasteiger partial charge in [0, 0.05) is 44.0 Å². The second-order valence-corrected chi connectivity index (χ2v) is 10.4. The first-order valence-electron chi connectivity index (χ1n) is 11.4. The van der Waals surface area contributed by atoms with Gasteiger partial charge in [-0.3, -0.25) is 10.1 Å². The van der Waals surface area contributed by atoms with Crippen LogP contribution in [0.4, 0.5) is 17.1 Å². The summed E-state index contributed by atoms with van der Waals surface area (Å²) in [6.45, 7) is 6.28. The molecule has 1 unspecified atom stereocenters. The smallest absolute Gasteiger partial charge is 0.292 e. The van der Waals surface area contributed by atoms with Gasteiger partial charge in [0.05, 0.1) is 4.92 Å². The molecule has 29 heavy (non-hydrogen) atoms. The van der Waals surface area contributed by atoms with E-state index in [1.54, 1.807) is 6.07 Å². The standard InChI is InChI=1S/C23H34N4O2/c1-16(23-13-17-9-18(14-23)11-19(10-17)15-23)24-21-12-20(3-4-22(21)27(28)29)26-7-5-25(2)6-8-26/h3-4,12,16-19,24H,5-11,13-15H2,1-2H3. The van der Waals surface area contributed by atoms with Crippen molar-refractivity contribution in [3.8, 4) is 0 Å². The zero-order valence-corrected chi connectivity index (χ0v) is 17.8. The second-order valence-electron chi connectivity index (χ2n) is 10.4. The fraction of sp³-hybridized carbons (Fsp3) is 0.739. The van der Waals surface area contributed by atoms with Crippen LogP contribution in [0.25, 0.3) is 0 Å². The molecule has 6 heteroatoms. The minimum Gasteiger partial charge on any atom is -0.376 e. The summed E-state index contributed by atoms with van der Waals surface area (Å²) in [5.74, 6) is 2.66. The molecule has 0 aromatic heterocycles. The molecule has 0 radical (unpaired) electrons. The largest absolute Gasteiger partial charge is 0.376 e. The van der Waals surface area contributed by atoms with Gasteiger partial charge in [-0.2, -0.15) is 0 Å². The first kappa shape index (κ1) is 19.2. The van der Waals surface area contributed by atoms with Crippen molar-refractivity contribution in [2.45, 2.75) is 51.5 Å². The molecule has 6 rings (SSSR count). The van der Waals surface area contributed by atoms with Crippen LogP contribution >= 0.6 is 0 Å². The van der Waals surface area contributed by atoms with Gasteiger partial charge in [0.25, 0.3) is 5.69 Å². The molecule has 1 aromatic rings. The van der Waals surface area contributed by atoms with Crippen LogP contribution in [0.1, 0.15) is 45.4 Å². The van der Waals surface area contributed by atoms with Crippen LogP contribution < -0.4 is 10.2 Å². The third-order valence-electron chi connectivity index (χ3n) is 8.42. The Morgan fingerprint density at radius 1 is 1.07 bits per heavy atom. The Labute approximate surface area is 173 Å². The number of nitro groups is 1. The molecule has 6 nitrogen and oxygen atoms in total. The van der Waals surface area contributed by atoms with E-state index in [2.05, 4.69) is 29.1 Å². The highest BCUT2D eigenvalue weighted by atomic mass is 16.6. The summed E-state index contributed by atoms with van der Waals surface area (Å²) in [7, 11) is 2.15. The van der Waals surface area contributed by atoms with Crippen molar-refractivity contribution in [3.05, 3.63) is 28.3 Å². The van der Waals surface area contributed by atoms with E-state index in [9.17, 15) is 10.1 Å². The number of hydrogen-bond acceptors (Lipinski definition) is 5. The van der Waals surface area contributed by atoms with Crippen LogP contribution in [0.3, 0.4) is 0 Å². The lowest BCUT2D eigenvalue weighted by Gasteiger charge is -2.59. The quantitative estimate of drug-likeness (QED) is 0.590. The highest BCUT2D eigenvalue weighted by molar-refractivity contribution is 5.69. The molecule has 1 atom stereocenters. The monoisotopic (exact) mass is 398 g/mol. The van der Waals surface area contributed by atoms with Crippen molar-refractivity contribution < 1.29 is 4.92 Å². The summed E-state index contributed by atoms with van der Waals surface area (Å²) in [5.41, 5.74) is 2.34. The van der Waals surface area contributed by atoms with Crippen molar-refractivity contribution in [3.63, 3.8) is 0 Å². The number of anilines is 2. The molecule has 1 aromatic carbocycles. The van der Waals surface area contributed by atoms with E-state index in [0.717, 1.165) is 49.6 Å².